The molecule has 0 aliphatic heterocycles. The van der Waals surface area contributed by atoms with Crippen LogP contribution in [-0.4, -0.2) is 39.1 Å². The number of halogens is 1. The number of rotatable bonds is 7. The van der Waals surface area contributed by atoms with E-state index < -0.39 is 12.0 Å². The number of benzene rings is 1. The monoisotopic (exact) mass is 377 g/mol. The van der Waals surface area contributed by atoms with E-state index in [1.807, 2.05) is 11.6 Å². The van der Waals surface area contributed by atoms with Gasteiger partial charge in [-0.3, -0.25) is 0 Å². The van der Waals surface area contributed by atoms with Gasteiger partial charge in [0.1, 0.15) is 28.8 Å². The normalized spacial score (nSPS) is 12.2. The van der Waals surface area contributed by atoms with E-state index in [0.717, 1.165) is 27.1 Å². The molecule has 3 rings (SSSR count). The van der Waals surface area contributed by atoms with E-state index in [2.05, 4.69) is 15.3 Å². The number of fused-ring (bicyclic) bond motifs is 1. The zero-order valence-corrected chi connectivity index (χ0v) is 15.0. The van der Waals surface area contributed by atoms with Gasteiger partial charge in [-0.25, -0.2) is 19.2 Å². The lowest BCUT2D eigenvalue weighted by atomic mass is 10.1. The van der Waals surface area contributed by atoms with E-state index in [9.17, 15) is 14.3 Å². The Labute approximate surface area is 152 Å². The Bertz CT molecular complexity index is 883. The molecule has 5 nitrogen and oxygen atoms in total. The molecule has 0 amide bonds. The minimum Gasteiger partial charge on any atom is -0.480 e. The summed E-state index contributed by atoms with van der Waals surface area (Å²) in [5.41, 5.74) is 1.69. The number of nitrogens with zero attached hydrogens (tertiary/aromatic N) is 2. The van der Waals surface area contributed by atoms with Crippen molar-refractivity contribution in [2.45, 2.75) is 12.5 Å². The smallest absolute Gasteiger partial charge is 0.326 e. The zero-order chi connectivity index (χ0) is 17.8. The predicted octanol–water partition coefficient (Wildman–Crippen LogP) is 4.12. The number of hydrogen-bond donors (Lipinski definition) is 2. The van der Waals surface area contributed by atoms with Crippen molar-refractivity contribution in [1.82, 2.24) is 9.97 Å². The molecule has 0 radical (unpaired) electrons. The molecule has 0 bridgehead atoms. The summed E-state index contributed by atoms with van der Waals surface area (Å²) in [7, 11) is 0. The van der Waals surface area contributed by atoms with Gasteiger partial charge in [-0.15, -0.1) is 11.3 Å². The fraction of sp³-hybridized carbons (Fsp3) is 0.235. The van der Waals surface area contributed by atoms with Crippen LogP contribution in [0.3, 0.4) is 0 Å². The third kappa shape index (κ3) is 3.91. The maximum Gasteiger partial charge on any atom is 0.326 e. The van der Waals surface area contributed by atoms with E-state index in [0.29, 0.717) is 12.2 Å². The van der Waals surface area contributed by atoms with Crippen LogP contribution in [0.15, 0.2) is 36.0 Å². The average Bonchev–Trinajstić information content (AvgIpc) is 3.04. The molecule has 0 aliphatic rings. The van der Waals surface area contributed by atoms with Gasteiger partial charge in [0.25, 0.3) is 0 Å². The molecule has 2 aromatic heterocycles. The predicted molar refractivity (Wildman–Crippen MR) is 101 cm³/mol. The van der Waals surface area contributed by atoms with Gasteiger partial charge in [0, 0.05) is 10.9 Å². The number of carboxylic acid groups (broad SMARTS) is 1. The first-order valence-electron chi connectivity index (χ1n) is 7.56. The van der Waals surface area contributed by atoms with Crippen molar-refractivity contribution in [2.75, 3.05) is 17.3 Å². The summed E-state index contributed by atoms with van der Waals surface area (Å²) >= 11 is 3.04. The fourth-order valence-corrected chi connectivity index (χ4v) is 3.87. The highest BCUT2D eigenvalue weighted by molar-refractivity contribution is 7.98. The number of nitrogens with one attached hydrogen (secondary N) is 1. The number of thioether (sulfide) groups is 1. The van der Waals surface area contributed by atoms with E-state index >= 15 is 0 Å². The molecule has 0 aliphatic carbocycles. The Balaban J connectivity index is 2.02. The quantitative estimate of drug-likeness (QED) is 0.645. The fourth-order valence-electron chi connectivity index (χ4n) is 2.48. The Morgan fingerprint density at radius 1 is 1.36 bits per heavy atom. The van der Waals surface area contributed by atoms with Crippen molar-refractivity contribution < 1.29 is 14.3 Å². The lowest BCUT2D eigenvalue weighted by Crippen LogP contribution is -2.30. The largest absolute Gasteiger partial charge is 0.480 e. The van der Waals surface area contributed by atoms with Crippen LogP contribution in [0, 0.1) is 5.82 Å². The molecule has 0 fully saturated rings. The van der Waals surface area contributed by atoms with Crippen LogP contribution in [0.1, 0.15) is 6.42 Å². The standard InChI is InChI=1S/C17H16FN3O2S2/c1-24-7-6-13(17(22)23)21-15-14-12(8-25-16(14)20-9-19-15)10-2-4-11(18)5-3-10/h2-5,8-9,13H,6-7H2,1H3,(H,22,23)(H,19,20,21). The summed E-state index contributed by atoms with van der Waals surface area (Å²) in [6.07, 6.45) is 3.84. The van der Waals surface area contributed by atoms with Gasteiger partial charge in [-0.1, -0.05) is 12.1 Å². The van der Waals surface area contributed by atoms with Crippen molar-refractivity contribution in [3.63, 3.8) is 0 Å². The van der Waals surface area contributed by atoms with Gasteiger partial charge in [0.2, 0.25) is 0 Å². The molecule has 2 heterocycles. The number of carboxylic acids is 1. The molecule has 0 saturated heterocycles. The third-order valence-electron chi connectivity index (χ3n) is 3.75. The number of aliphatic carboxylic acids is 1. The summed E-state index contributed by atoms with van der Waals surface area (Å²) in [6.45, 7) is 0. The van der Waals surface area contributed by atoms with Crippen molar-refractivity contribution in [2.24, 2.45) is 0 Å². The topological polar surface area (TPSA) is 75.1 Å². The molecule has 1 unspecified atom stereocenters. The zero-order valence-electron chi connectivity index (χ0n) is 13.4. The van der Waals surface area contributed by atoms with Crippen molar-refractivity contribution >= 4 is 45.1 Å². The number of anilines is 1. The highest BCUT2D eigenvalue weighted by Gasteiger charge is 2.20. The summed E-state index contributed by atoms with van der Waals surface area (Å²) in [6, 6.07) is 5.45. The van der Waals surface area contributed by atoms with E-state index in [4.69, 9.17) is 0 Å². The third-order valence-corrected chi connectivity index (χ3v) is 5.28. The van der Waals surface area contributed by atoms with Crippen LogP contribution in [0.5, 0.6) is 0 Å². The van der Waals surface area contributed by atoms with Gasteiger partial charge < -0.3 is 10.4 Å². The van der Waals surface area contributed by atoms with Crippen LogP contribution in [0.2, 0.25) is 0 Å². The lowest BCUT2D eigenvalue weighted by Gasteiger charge is -2.15. The first kappa shape index (κ1) is 17.6. The van der Waals surface area contributed by atoms with Gasteiger partial charge in [0.15, 0.2) is 0 Å². The van der Waals surface area contributed by atoms with Crippen LogP contribution >= 0.6 is 23.1 Å². The molecular formula is C17H16FN3O2S2. The first-order valence-corrected chi connectivity index (χ1v) is 9.84. The minimum absolute atomic E-state index is 0.305. The Morgan fingerprint density at radius 2 is 2.12 bits per heavy atom. The van der Waals surface area contributed by atoms with Crippen LogP contribution in [0.4, 0.5) is 10.2 Å². The maximum absolute atomic E-state index is 13.2. The molecule has 0 spiro atoms. The van der Waals surface area contributed by atoms with Crippen molar-refractivity contribution in [3.05, 3.63) is 41.8 Å². The second kappa shape index (κ2) is 7.79. The number of carbonyl (C=O) groups is 1. The number of aromatic nitrogens is 2. The van der Waals surface area contributed by atoms with Crippen LogP contribution < -0.4 is 5.32 Å². The Kier molecular flexibility index (Phi) is 5.50. The van der Waals surface area contributed by atoms with Crippen molar-refractivity contribution in [3.8, 4) is 11.1 Å². The SMILES string of the molecule is CSCCC(Nc1ncnc2scc(-c3ccc(F)cc3)c12)C(=O)O. The number of hydrogen-bond acceptors (Lipinski definition) is 6. The second-order valence-electron chi connectivity index (χ2n) is 5.38. The highest BCUT2D eigenvalue weighted by atomic mass is 32.2. The molecule has 1 aromatic carbocycles. The first-order chi connectivity index (χ1) is 12.1. The summed E-state index contributed by atoms with van der Waals surface area (Å²) < 4.78 is 13.2. The van der Waals surface area contributed by atoms with Crippen LogP contribution in [-0.2, 0) is 4.79 Å². The second-order valence-corrected chi connectivity index (χ2v) is 7.22. The summed E-state index contributed by atoms with van der Waals surface area (Å²) in [4.78, 5) is 20.8. The van der Waals surface area contributed by atoms with Gasteiger partial charge >= 0.3 is 5.97 Å². The van der Waals surface area contributed by atoms with Gasteiger partial charge in [-0.2, -0.15) is 11.8 Å². The van der Waals surface area contributed by atoms with Crippen molar-refractivity contribution in [1.29, 1.82) is 0 Å². The van der Waals surface area contributed by atoms with Gasteiger partial charge in [0.05, 0.1) is 5.39 Å². The summed E-state index contributed by atoms with van der Waals surface area (Å²) in [5.74, 6) is -0.00790. The molecule has 130 valence electrons. The van der Waals surface area contributed by atoms with Crippen LogP contribution in [0.25, 0.3) is 21.3 Å². The Morgan fingerprint density at radius 3 is 2.80 bits per heavy atom. The maximum atomic E-state index is 13.2. The average molecular weight is 377 g/mol. The van der Waals surface area contributed by atoms with E-state index in [-0.39, 0.29) is 5.82 Å². The lowest BCUT2D eigenvalue weighted by molar-refractivity contribution is -0.137. The molecule has 3 aromatic rings. The molecular weight excluding hydrogens is 361 g/mol. The number of thiophene rings is 1. The highest BCUT2D eigenvalue weighted by Crippen LogP contribution is 2.36. The molecule has 2 N–H and O–H groups in total. The Hall–Kier alpha value is -2.19. The summed E-state index contributed by atoms with van der Waals surface area (Å²) in [5, 5.41) is 15.2. The van der Waals surface area contributed by atoms with E-state index in [1.165, 1.54) is 29.8 Å². The minimum atomic E-state index is -0.917. The molecule has 25 heavy (non-hydrogen) atoms. The van der Waals surface area contributed by atoms with Gasteiger partial charge in [-0.05, 0) is 36.1 Å². The molecule has 8 heteroatoms. The molecule has 1 atom stereocenters. The molecule has 0 saturated carbocycles. The van der Waals surface area contributed by atoms with E-state index in [1.54, 1.807) is 23.9 Å².